The van der Waals surface area contributed by atoms with Crippen molar-refractivity contribution < 1.29 is 21.3 Å². The second kappa shape index (κ2) is 11.7. The van der Waals surface area contributed by atoms with Crippen LogP contribution < -0.4 is 4.72 Å². The standard InChI is InChI=1S/C31H25N5O5S2/c37-42(38,21-27-32-33-28(41-27)22-43(39,40)35-25-17-9-3-10-18-25)31-29(23-13-5-1-6-14-23)34-36(26-19-11-4-12-20-26)30(31)24-15-7-2-8-16-24/h1-20,35H,21-22H2. The van der Waals surface area contributed by atoms with Crippen LogP contribution in [0.2, 0.25) is 0 Å². The van der Waals surface area contributed by atoms with E-state index >= 15 is 0 Å². The van der Waals surface area contributed by atoms with Crippen molar-refractivity contribution >= 4 is 25.5 Å². The van der Waals surface area contributed by atoms with E-state index in [0.717, 1.165) is 0 Å². The summed E-state index contributed by atoms with van der Waals surface area (Å²) in [6.45, 7) is 0. The molecule has 0 saturated heterocycles. The maximum atomic E-state index is 14.3. The van der Waals surface area contributed by atoms with E-state index < -0.39 is 31.4 Å². The van der Waals surface area contributed by atoms with Crippen LogP contribution >= 0.6 is 0 Å². The molecule has 6 aromatic rings. The molecule has 0 unspecified atom stereocenters. The molecule has 0 radical (unpaired) electrons. The van der Waals surface area contributed by atoms with E-state index in [2.05, 4.69) is 14.9 Å². The van der Waals surface area contributed by atoms with E-state index in [1.54, 1.807) is 47.1 Å². The fraction of sp³-hybridized carbons (Fsp3) is 0.0645. The summed E-state index contributed by atoms with van der Waals surface area (Å²) in [5.74, 6) is -1.76. The fourth-order valence-corrected chi connectivity index (χ4v) is 7.16. The number of rotatable bonds is 10. The van der Waals surface area contributed by atoms with Crippen molar-refractivity contribution in [1.29, 1.82) is 0 Å². The minimum absolute atomic E-state index is 0.00753. The number of benzene rings is 4. The third kappa shape index (κ3) is 6.25. The summed E-state index contributed by atoms with van der Waals surface area (Å²) in [6.07, 6.45) is 0. The second-order valence-corrected chi connectivity index (χ2v) is 13.2. The zero-order valence-electron chi connectivity index (χ0n) is 22.6. The van der Waals surface area contributed by atoms with Crippen molar-refractivity contribution in [2.75, 3.05) is 4.72 Å². The van der Waals surface area contributed by atoms with E-state index in [1.165, 1.54) is 0 Å². The number of aromatic nitrogens is 4. The fourth-order valence-electron chi connectivity index (χ4n) is 4.61. The first-order valence-corrected chi connectivity index (χ1v) is 16.5. The molecule has 0 bridgehead atoms. The highest BCUT2D eigenvalue weighted by Gasteiger charge is 2.33. The van der Waals surface area contributed by atoms with Crippen molar-refractivity contribution in [1.82, 2.24) is 20.0 Å². The second-order valence-electron chi connectivity index (χ2n) is 9.58. The summed E-state index contributed by atoms with van der Waals surface area (Å²) in [4.78, 5) is -0.00753. The van der Waals surface area contributed by atoms with Gasteiger partial charge in [0.05, 0.1) is 11.4 Å². The highest BCUT2D eigenvalue weighted by atomic mass is 32.2. The van der Waals surface area contributed by atoms with E-state index in [1.807, 2.05) is 78.9 Å². The van der Waals surface area contributed by atoms with Gasteiger partial charge in [-0.2, -0.15) is 5.10 Å². The zero-order valence-corrected chi connectivity index (χ0v) is 24.2. The van der Waals surface area contributed by atoms with Crippen LogP contribution in [0.1, 0.15) is 11.8 Å². The molecule has 4 aromatic carbocycles. The molecule has 10 nitrogen and oxygen atoms in total. The SMILES string of the molecule is O=S(=O)(Cc1nnc(CS(=O)(=O)c2c(-c3ccccc3)nn(-c3ccccc3)c2-c2ccccc2)o1)Nc1ccccc1. The maximum absolute atomic E-state index is 14.3. The van der Waals surface area contributed by atoms with Crippen molar-refractivity contribution in [2.24, 2.45) is 0 Å². The summed E-state index contributed by atoms with van der Waals surface area (Å²) in [6, 6.07) is 35.8. The molecule has 0 aliphatic heterocycles. The first-order chi connectivity index (χ1) is 20.8. The Kier molecular flexibility index (Phi) is 7.61. The Labute approximate surface area is 248 Å². The Morgan fingerprint density at radius 2 is 1.14 bits per heavy atom. The minimum atomic E-state index is -4.18. The topological polar surface area (TPSA) is 137 Å². The highest BCUT2D eigenvalue weighted by molar-refractivity contribution is 7.92. The molecule has 0 spiro atoms. The van der Waals surface area contributed by atoms with Gasteiger partial charge in [0.25, 0.3) is 0 Å². The Balaban J connectivity index is 1.41. The molecule has 12 heteroatoms. The third-order valence-corrected chi connectivity index (χ3v) is 9.24. The van der Waals surface area contributed by atoms with Crippen LogP contribution in [0.5, 0.6) is 0 Å². The predicted molar refractivity (Wildman–Crippen MR) is 162 cm³/mol. The van der Waals surface area contributed by atoms with Crippen LogP contribution in [-0.2, 0) is 31.4 Å². The number of anilines is 1. The summed E-state index contributed by atoms with van der Waals surface area (Å²) in [7, 11) is -8.07. The summed E-state index contributed by atoms with van der Waals surface area (Å²) in [5.41, 5.74) is 2.94. The molecule has 2 aromatic heterocycles. The molecular formula is C31H25N5O5S2. The van der Waals surface area contributed by atoms with Crippen molar-refractivity contribution in [3.05, 3.63) is 133 Å². The van der Waals surface area contributed by atoms with E-state index in [9.17, 15) is 16.8 Å². The smallest absolute Gasteiger partial charge is 0.241 e. The molecule has 0 saturated carbocycles. The van der Waals surface area contributed by atoms with Gasteiger partial charge in [-0.1, -0.05) is 97.1 Å². The number of sulfone groups is 1. The van der Waals surface area contributed by atoms with Gasteiger partial charge in [-0.05, 0) is 24.3 Å². The first kappa shape index (κ1) is 28.1. The van der Waals surface area contributed by atoms with Crippen LogP contribution in [0.25, 0.3) is 28.2 Å². The van der Waals surface area contributed by atoms with E-state index in [4.69, 9.17) is 9.52 Å². The van der Waals surface area contributed by atoms with Gasteiger partial charge in [0.15, 0.2) is 9.84 Å². The van der Waals surface area contributed by atoms with Crippen LogP contribution in [0.4, 0.5) is 5.69 Å². The van der Waals surface area contributed by atoms with E-state index in [0.29, 0.717) is 28.2 Å². The molecule has 0 aliphatic carbocycles. The number of sulfonamides is 1. The Hall–Kier alpha value is -5.07. The van der Waals surface area contributed by atoms with Crippen LogP contribution in [0.15, 0.2) is 131 Å². The lowest BCUT2D eigenvalue weighted by Crippen LogP contribution is -2.15. The number of hydrogen-bond donors (Lipinski definition) is 1. The lowest BCUT2D eigenvalue weighted by atomic mass is 10.1. The Morgan fingerprint density at radius 1 is 0.628 bits per heavy atom. The molecule has 6 rings (SSSR count). The average molecular weight is 612 g/mol. The predicted octanol–water partition coefficient (Wildman–Crippen LogP) is 5.51. The summed E-state index contributed by atoms with van der Waals surface area (Å²) in [5, 5.41) is 12.5. The zero-order chi connectivity index (χ0) is 29.9. The molecule has 0 amide bonds. The number of nitrogens with zero attached hydrogens (tertiary/aromatic N) is 4. The lowest BCUT2D eigenvalue weighted by molar-refractivity contribution is 0.472. The minimum Gasteiger partial charge on any atom is -0.423 e. The third-order valence-electron chi connectivity index (χ3n) is 6.43. The van der Waals surface area contributed by atoms with Gasteiger partial charge in [-0.3, -0.25) is 4.72 Å². The number of para-hydroxylation sites is 2. The number of nitrogens with one attached hydrogen (secondary N) is 1. The first-order valence-electron chi connectivity index (χ1n) is 13.2. The maximum Gasteiger partial charge on any atom is 0.241 e. The molecule has 0 atom stereocenters. The van der Waals surface area contributed by atoms with Gasteiger partial charge >= 0.3 is 0 Å². The Morgan fingerprint density at radius 3 is 1.74 bits per heavy atom. The number of hydrogen-bond acceptors (Lipinski definition) is 8. The Bertz CT molecular complexity index is 2060. The van der Waals surface area contributed by atoms with Crippen LogP contribution in [0.3, 0.4) is 0 Å². The molecule has 2 heterocycles. The largest absolute Gasteiger partial charge is 0.423 e. The van der Waals surface area contributed by atoms with Crippen molar-refractivity contribution in [3.63, 3.8) is 0 Å². The van der Waals surface area contributed by atoms with Gasteiger partial charge in [0, 0.05) is 16.8 Å². The summed E-state index contributed by atoms with van der Waals surface area (Å²) < 4.78 is 63.4. The van der Waals surface area contributed by atoms with Gasteiger partial charge < -0.3 is 4.42 Å². The molecule has 1 N–H and O–H groups in total. The summed E-state index contributed by atoms with van der Waals surface area (Å²) >= 11 is 0. The molecule has 43 heavy (non-hydrogen) atoms. The van der Waals surface area contributed by atoms with Gasteiger partial charge in [-0.15, -0.1) is 10.2 Å². The van der Waals surface area contributed by atoms with Gasteiger partial charge in [0.2, 0.25) is 21.8 Å². The van der Waals surface area contributed by atoms with Crippen LogP contribution in [-0.4, -0.2) is 36.8 Å². The molecule has 0 aliphatic rings. The molecule has 0 fully saturated rings. The monoisotopic (exact) mass is 611 g/mol. The van der Waals surface area contributed by atoms with Crippen LogP contribution in [0, 0.1) is 0 Å². The molecular weight excluding hydrogens is 587 g/mol. The quantitative estimate of drug-likeness (QED) is 0.214. The molecule has 216 valence electrons. The lowest BCUT2D eigenvalue weighted by Gasteiger charge is -2.10. The van der Waals surface area contributed by atoms with E-state index in [-0.39, 0.29) is 22.4 Å². The van der Waals surface area contributed by atoms with Crippen molar-refractivity contribution in [2.45, 2.75) is 16.4 Å². The van der Waals surface area contributed by atoms with Gasteiger partial charge in [-0.25, -0.2) is 21.5 Å². The van der Waals surface area contributed by atoms with Crippen molar-refractivity contribution in [3.8, 4) is 28.2 Å². The average Bonchev–Trinajstić information content (AvgIpc) is 3.63. The normalized spacial score (nSPS) is 11.8. The van der Waals surface area contributed by atoms with Gasteiger partial charge in [0.1, 0.15) is 22.1 Å². The highest BCUT2D eigenvalue weighted by Crippen LogP contribution is 2.39.